The molecule has 0 amide bonds. The van der Waals surface area contributed by atoms with E-state index in [0.29, 0.717) is 6.04 Å². The fourth-order valence-electron chi connectivity index (χ4n) is 2.93. The number of nitrogens with zero attached hydrogens (tertiary/aromatic N) is 7. The predicted molar refractivity (Wildman–Crippen MR) is 84.9 cm³/mol. The van der Waals surface area contributed by atoms with Crippen molar-refractivity contribution in [1.82, 2.24) is 29.8 Å². The quantitative estimate of drug-likeness (QED) is 0.786. The highest BCUT2D eigenvalue weighted by Gasteiger charge is 2.32. The Morgan fingerprint density at radius 1 is 1.14 bits per heavy atom. The zero-order chi connectivity index (χ0) is 14.9. The van der Waals surface area contributed by atoms with Crippen LogP contribution in [0.3, 0.4) is 0 Å². The van der Waals surface area contributed by atoms with Gasteiger partial charge in [0.25, 0.3) is 0 Å². The molecule has 0 radical (unpaired) electrons. The lowest BCUT2D eigenvalue weighted by molar-refractivity contribution is 0.548. The number of rotatable bonds is 5. The van der Waals surface area contributed by atoms with Gasteiger partial charge in [0.2, 0.25) is 5.95 Å². The zero-order valence-corrected chi connectivity index (χ0v) is 13.7. The van der Waals surface area contributed by atoms with Gasteiger partial charge in [0.15, 0.2) is 5.16 Å². The Hall–Kier alpha value is -1.57. The van der Waals surface area contributed by atoms with Crippen molar-refractivity contribution in [2.45, 2.75) is 49.1 Å². The molecule has 0 N–H and O–H groups in total. The Bertz CT molecular complexity index is 639. The fraction of sp³-hybridized carbons (Fsp3) is 0.714. The molecule has 3 heterocycles. The summed E-state index contributed by atoms with van der Waals surface area (Å²) in [5.41, 5.74) is 0.984. The summed E-state index contributed by atoms with van der Waals surface area (Å²) in [5, 5.41) is 18.1. The van der Waals surface area contributed by atoms with Gasteiger partial charge >= 0.3 is 0 Å². The molecule has 1 aliphatic carbocycles. The maximum atomic E-state index is 4.50. The van der Waals surface area contributed by atoms with Crippen LogP contribution in [-0.2, 0) is 12.8 Å². The minimum Gasteiger partial charge on any atom is -0.341 e. The van der Waals surface area contributed by atoms with E-state index >= 15 is 0 Å². The van der Waals surface area contributed by atoms with Crippen LogP contribution in [0.5, 0.6) is 0 Å². The largest absolute Gasteiger partial charge is 0.341 e. The van der Waals surface area contributed by atoms with E-state index in [0.717, 1.165) is 35.6 Å². The van der Waals surface area contributed by atoms with Crippen molar-refractivity contribution in [2.75, 3.05) is 18.0 Å². The zero-order valence-electron chi connectivity index (χ0n) is 12.9. The first-order valence-electron chi connectivity index (χ1n) is 7.99. The molecule has 8 heteroatoms. The van der Waals surface area contributed by atoms with E-state index in [1.165, 1.54) is 32.1 Å². The van der Waals surface area contributed by atoms with Gasteiger partial charge in [-0.1, -0.05) is 17.0 Å². The SMILES string of the molecule is Cn1cc(CSc2nnc(N3CCCCC3)n2C2CC2)nn1. The number of piperidine rings is 1. The Balaban J connectivity index is 1.53. The van der Waals surface area contributed by atoms with Gasteiger partial charge in [0.1, 0.15) is 0 Å². The molecule has 118 valence electrons. The summed E-state index contributed by atoms with van der Waals surface area (Å²) in [6.07, 6.45) is 8.31. The van der Waals surface area contributed by atoms with E-state index in [-0.39, 0.29) is 0 Å². The van der Waals surface area contributed by atoms with Gasteiger partial charge in [-0.05, 0) is 32.1 Å². The standard InChI is InChI=1S/C14H21N7S/c1-19-9-11(15-18-19)10-22-14-17-16-13(21(14)12-5-6-12)20-7-3-2-4-8-20/h9,12H,2-8,10H2,1H3. The monoisotopic (exact) mass is 319 g/mol. The molecule has 1 saturated heterocycles. The van der Waals surface area contributed by atoms with Crippen LogP contribution >= 0.6 is 11.8 Å². The highest BCUT2D eigenvalue weighted by molar-refractivity contribution is 7.98. The van der Waals surface area contributed by atoms with Crippen molar-refractivity contribution in [3.05, 3.63) is 11.9 Å². The average Bonchev–Trinajstić information content (AvgIpc) is 3.16. The molecule has 0 spiro atoms. The molecular formula is C14H21N7S. The second-order valence-corrected chi connectivity index (χ2v) is 7.05. The van der Waals surface area contributed by atoms with Gasteiger partial charge in [-0.25, -0.2) is 0 Å². The van der Waals surface area contributed by atoms with Crippen LogP contribution in [-0.4, -0.2) is 42.8 Å². The van der Waals surface area contributed by atoms with Crippen LogP contribution in [0.15, 0.2) is 11.4 Å². The van der Waals surface area contributed by atoms with Gasteiger partial charge < -0.3 is 4.90 Å². The summed E-state index contributed by atoms with van der Waals surface area (Å²) in [4.78, 5) is 2.40. The van der Waals surface area contributed by atoms with Crippen molar-refractivity contribution in [3.63, 3.8) is 0 Å². The molecule has 2 fully saturated rings. The summed E-state index contributed by atoms with van der Waals surface area (Å²) >= 11 is 1.71. The average molecular weight is 319 g/mol. The maximum Gasteiger partial charge on any atom is 0.228 e. The van der Waals surface area contributed by atoms with E-state index in [1.54, 1.807) is 16.4 Å². The van der Waals surface area contributed by atoms with Crippen molar-refractivity contribution >= 4 is 17.7 Å². The van der Waals surface area contributed by atoms with E-state index in [1.807, 2.05) is 13.2 Å². The maximum absolute atomic E-state index is 4.50. The Morgan fingerprint density at radius 3 is 2.64 bits per heavy atom. The molecule has 2 aromatic rings. The third-order valence-electron chi connectivity index (χ3n) is 4.20. The third kappa shape index (κ3) is 2.84. The van der Waals surface area contributed by atoms with Gasteiger partial charge in [-0.15, -0.1) is 15.3 Å². The van der Waals surface area contributed by atoms with Crippen LogP contribution in [0.25, 0.3) is 0 Å². The Morgan fingerprint density at radius 2 is 1.95 bits per heavy atom. The number of anilines is 1. The molecule has 22 heavy (non-hydrogen) atoms. The van der Waals surface area contributed by atoms with Crippen molar-refractivity contribution in [2.24, 2.45) is 7.05 Å². The highest BCUT2D eigenvalue weighted by atomic mass is 32.2. The summed E-state index contributed by atoms with van der Waals surface area (Å²) in [6.45, 7) is 2.22. The van der Waals surface area contributed by atoms with Crippen LogP contribution < -0.4 is 4.90 Å². The molecule has 0 atom stereocenters. The number of hydrogen-bond donors (Lipinski definition) is 0. The molecule has 1 saturated carbocycles. The lowest BCUT2D eigenvalue weighted by Gasteiger charge is -2.27. The fourth-order valence-corrected chi connectivity index (χ4v) is 3.81. The topological polar surface area (TPSA) is 64.7 Å². The normalized spacial score (nSPS) is 18.9. The number of hydrogen-bond acceptors (Lipinski definition) is 6. The first kappa shape index (κ1) is 14.0. The lowest BCUT2D eigenvalue weighted by atomic mass is 10.1. The first-order chi connectivity index (χ1) is 10.8. The Labute approximate surface area is 134 Å². The van der Waals surface area contributed by atoms with Crippen molar-refractivity contribution < 1.29 is 0 Å². The van der Waals surface area contributed by atoms with Gasteiger partial charge in [-0.3, -0.25) is 9.25 Å². The van der Waals surface area contributed by atoms with E-state index < -0.39 is 0 Å². The van der Waals surface area contributed by atoms with Crippen LogP contribution in [0.4, 0.5) is 5.95 Å². The molecule has 2 aromatic heterocycles. The van der Waals surface area contributed by atoms with E-state index in [2.05, 4.69) is 30.0 Å². The van der Waals surface area contributed by atoms with Crippen LogP contribution in [0.1, 0.15) is 43.8 Å². The molecule has 7 nitrogen and oxygen atoms in total. The Kier molecular flexibility index (Phi) is 3.77. The highest BCUT2D eigenvalue weighted by Crippen LogP contribution is 2.41. The third-order valence-corrected chi connectivity index (χ3v) is 5.17. The summed E-state index contributed by atoms with van der Waals surface area (Å²) in [6, 6.07) is 0.594. The van der Waals surface area contributed by atoms with Crippen molar-refractivity contribution in [3.8, 4) is 0 Å². The molecule has 0 bridgehead atoms. The molecule has 0 unspecified atom stereocenters. The summed E-state index contributed by atoms with van der Waals surface area (Å²) in [5.74, 6) is 1.86. The van der Waals surface area contributed by atoms with Gasteiger partial charge in [0.05, 0.1) is 5.69 Å². The second-order valence-electron chi connectivity index (χ2n) is 6.10. The van der Waals surface area contributed by atoms with Gasteiger partial charge in [0, 0.05) is 38.1 Å². The summed E-state index contributed by atoms with van der Waals surface area (Å²) < 4.78 is 4.09. The smallest absolute Gasteiger partial charge is 0.228 e. The first-order valence-corrected chi connectivity index (χ1v) is 8.97. The molecule has 1 aliphatic heterocycles. The van der Waals surface area contributed by atoms with Gasteiger partial charge in [-0.2, -0.15) is 0 Å². The molecular weight excluding hydrogens is 298 g/mol. The minimum atomic E-state index is 0.594. The second kappa shape index (κ2) is 5.91. The molecule has 2 aliphatic rings. The van der Waals surface area contributed by atoms with Crippen LogP contribution in [0, 0.1) is 0 Å². The number of aryl methyl sites for hydroxylation is 1. The van der Waals surface area contributed by atoms with E-state index in [9.17, 15) is 0 Å². The molecule has 0 aromatic carbocycles. The number of thioether (sulfide) groups is 1. The molecule has 4 rings (SSSR count). The summed E-state index contributed by atoms with van der Waals surface area (Å²) in [7, 11) is 1.89. The van der Waals surface area contributed by atoms with E-state index in [4.69, 9.17) is 0 Å². The number of aromatic nitrogens is 6. The van der Waals surface area contributed by atoms with Crippen LogP contribution in [0.2, 0.25) is 0 Å². The predicted octanol–water partition coefficient (Wildman–Crippen LogP) is 2.02. The minimum absolute atomic E-state index is 0.594. The lowest BCUT2D eigenvalue weighted by Crippen LogP contribution is -2.31. The van der Waals surface area contributed by atoms with Crippen molar-refractivity contribution in [1.29, 1.82) is 0 Å².